The molecule has 0 saturated carbocycles. The summed E-state index contributed by atoms with van der Waals surface area (Å²) in [4.78, 5) is 4.63. The molecule has 0 aliphatic carbocycles. The van der Waals surface area contributed by atoms with Crippen molar-refractivity contribution >= 4 is 33.8 Å². The summed E-state index contributed by atoms with van der Waals surface area (Å²) in [5, 5.41) is 8.11. The maximum absolute atomic E-state index is 5.96. The van der Waals surface area contributed by atoms with E-state index >= 15 is 0 Å². The number of benzene rings is 3. The van der Waals surface area contributed by atoms with Crippen LogP contribution < -0.4 is 5.43 Å². The number of rotatable bonds is 5. The van der Waals surface area contributed by atoms with E-state index in [4.69, 9.17) is 11.6 Å². The van der Waals surface area contributed by atoms with Crippen molar-refractivity contribution < 1.29 is 0 Å². The third-order valence-corrected chi connectivity index (χ3v) is 5.00. The molecule has 0 atom stereocenters. The molecule has 3 nitrogen and oxygen atoms in total. The monoisotopic (exact) mass is 389 g/mol. The fourth-order valence-electron chi connectivity index (χ4n) is 2.67. The minimum atomic E-state index is 0.715. The second kappa shape index (κ2) is 8.16. The Hall–Kier alpha value is -2.95. The average molecular weight is 390 g/mol. The van der Waals surface area contributed by atoms with Gasteiger partial charge in [0.1, 0.15) is 0 Å². The smallest absolute Gasteiger partial charge is 0.203 e. The van der Waals surface area contributed by atoms with Crippen molar-refractivity contribution in [2.24, 2.45) is 5.10 Å². The van der Waals surface area contributed by atoms with Crippen molar-refractivity contribution in [1.29, 1.82) is 0 Å². The maximum Gasteiger partial charge on any atom is 0.203 e. The van der Waals surface area contributed by atoms with Crippen LogP contribution in [0.1, 0.15) is 11.1 Å². The molecule has 4 rings (SSSR count). The Morgan fingerprint density at radius 2 is 1.41 bits per heavy atom. The van der Waals surface area contributed by atoms with Crippen LogP contribution in [0.2, 0.25) is 5.02 Å². The Morgan fingerprint density at radius 3 is 2.00 bits per heavy atom. The van der Waals surface area contributed by atoms with Crippen molar-refractivity contribution in [2.75, 3.05) is 5.43 Å². The molecule has 0 fully saturated rings. The third kappa shape index (κ3) is 4.25. The van der Waals surface area contributed by atoms with Gasteiger partial charge in [-0.2, -0.15) is 5.10 Å². The summed E-state index contributed by atoms with van der Waals surface area (Å²) in [6, 6.07) is 27.9. The number of hydrazone groups is 1. The predicted molar refractivity (Wildman–Crippen MR) is 115 cm³/mol. The van der Waals surface area contributed by atoms with Crippen molar-refractivity contribution in [3.8, 4) is 11.3 Å². The molecule has 0 aliphatic heterocycles. The second-order valence-corrected chi connectivity index (χ2v) is 7.14. The number of nitrogens with zero attached hydrogens (tertiary/aromatic N) is 2. The van der Waals surface area contributed by atoms with E-state index in [1.165, 1.54) is 11.3 Å². The number of aromatic nitrogens is 1. The van der Waals surface area contributed by atoms with Gasteiger partial charge in [0.2, 0.25) is 5.13 Å². The number of thiazole rings is 1. The van der Waals surface area contributed by atoms with Crippen molar-refractivity contribution in [3.05, 3.63) is 106 Å². The highest BCUT2D eigenvalue weighted by atomic mass is 35.5. The number of hydrogen-bond donors (Lipinski definition) is 1. The third-order valence-electron chi connectivity index (χ3n) is 4.00. The average Bonchev–Trinajstić information content (AvgIpc) is 3.19. The lowest BCUT2D eigenvalue weighted by Crippen LogP contribution is -2.06. The van der Waals surface area contributed by atoms with E-state index < -0.39 is 0 Å². The van der Waals surface area contributed by atoms with Crippen LogP contribution in [0.4, 0.5) is 5.13 Å². The summed E-state index contributed by atoms with van der Waals surface area (Å²) in [5.74, 6) is 0. The predicted octanol–water partition coefficient (Wildman–Crippen LogP) is 6.33. The molecular weight excluding hydrogens is 374 g/mol. The van der Waals surface area contributed by atoms with E-state index in [1.807, 2.05) is 66.0 Å². The molecule has 5 heteroatoms. The summed E-state index contributed by atoms with van der Waals surface area (Å²) >= 11 is 7.48. The molecule has 0 radical (unpaired) electrons. The van der Waals surface area contributed by atoms with Gasteiger partial charge >= 0.3 is 0 Å². The van der Waals surface area contributed by atoms with Gasteiger partial charge in [0.15, 0.2) is 0 Å². The molecule has 1 N–H and O–H groups in total. The molecule has 4 aromatic rings. The molecule has 0 aliphatic rings. The van der Waals surface area contributed by atoms with Crippen LogP contribution in [-0.2, 0) is 0 Å². The molecular formula is C22H16ClN3S. The molecule has 1 aromatic heterocycles. The molecule has 3 aromatic carbocycles. The minimum absolute atomic E-state index is 0.715. The number of anilines is 1. The minimum Gasteiger partial charge on any atom is -0.252 e. The van der Waals surface area contributed by atoms with E-state index in [2.05, 4.69) is 39.8 Å². The number of halogens is 1. The zero-order valence-electron chi connectivity index (χ0n) is 14.3. The summed E-state index contributed by atoms with van der Waals surface area (Å²) in [6.07, 6.45) is 0. The zero-order chi connectivity index (χ0) is 18.5. The highest BCUT2D eigenvalue weighted by molar-refractivity contribution is 7.14. The first-order valence-electron chi connectivity index (χ1n) is 8.45. The quantitative estimate of drug-likeness (QED) is 0.320. The molecule has 0 amide bonds. The molecule has 0 bridgehead atoms. The summed E-state index contributed by atoms with van der Waals surface area (Å²) in [5.41, 5.74) is 8.01. The number of hydrogen-bond acceptors (Lipinski definition) is 4. The van der Waals surface area contributed by atoms with Crippen LogP contribution in [0.3, 0.4) is 0 Å². The summed E-state index contributed by atoms with van der Waals surface area (Å²) in [7, 11) is 0. The van der Waals surface area contributed by atoms with Gasteiger partial charge in [0.25, 0.3) is 0 Å². The van der Waals surface area contributed by atoms with Gasteiger partial charge in [-0.15, -0.1) is 11.3 Å². The topological polar surface area (TPSA) is 37.3 Å². The van der Waals surface area contributed by atoms with E-state index in [-0.39, 0.29) is 0 Å². The first kappa shape index (κ1) is 17.5. The Kier molecular flexibility index (Phi) is 5.28. The summed E-state index contributed by atoms with van der Waals surface area (Å²) in [6.45, 7) is 0. The first-order chi connectivity index (χ1) is 13.3. The Bertz CT molecular complexity index is 1000. The lowest BCUT2D eigenvalue weighted by Gasteiger charge is -2.07. The molecule has 132 valence electrons. The van der Waals surface area contributed by atoms with Crippen LogP contribution in [0.15, 0.2) is 95.4 Å². The van der Waals surface area contributed by atoms with E-state index in [1.54, 1.807) is 0 Å². The fourth-order valence-corrected chi connectivity index (χ4v) is 3.46. The van der Waals surface area contributed by atoms with Crippen LogP contribution in [0.5, 0.6) is 0 Å². The standard InChI is InChI=1S/C22H16ClN3S/c23-19-13-11-16(12-14-19)20-15-27-22(24-20)26-25-21(17-7-3-1-4-8-17)18-9-5-2-6-10-18/h1-15H,(H,24,26). The van der Waals surface area contributed by atoms with Crippen molar-refractivity contribution in [3.63, 3.8) is 0 Å². The molecule has 27 heavy (non-hydrogen) atoms. The Labute approximate surface area is 167 Å². The molecule has 0 spiro atoms. The lowest BCUT2D eigenvalue weighted by molar-refractivity contribution is 1.27. The molecule has 1 heterocycles. The van der Waals surface area contributed by atoms with Gasteiger partial charge in [-0.05, 0) is 12.1 Å². The zero-order valence-corrected chi connectivity index (χ0v) is 15.9. The molecule has 0 saturated heterocycles. The van der Waals surface area contributed by atoms with Gasteiger partial charge in [-0.1, -0.05) is 84.4 Å². The van der Waals surface area contributed by atoms with Crippen LogP contribution in [-0.4, -0.2) is 10.7 Å². The normalized spacial score (nSPS) is 10.4. The van der Waals surface area contributed by atoms with Gasteiger partial charge < -0.3 is 0 Å². The fraction of sp³-hybridized carbons (Fsp3) is 0. The van der Waals surface area contributed by atoms with Crippen LogP contribution in [0, 0.1) is 0 Å². The Morgan fingerprint density at radius 1 is 0.815 bits per heavy atom. The summed E-state index contributed by atoms with van der Waals surface area (Å²) < 4.78 is 0. The van der Waals surface area contributed by atoms with Crippen molar-refractivity contribution in [1.82, 2.24) is 4.98 Å². The largest absolute Gasteiger partial charge is 0.252 e. The number of nitrogens with one attached hydrogen (secondary N) is 1. The van der Waals surface area contributed by atoms with Crippen LogP contribution >= 0.6 is 22.9 Å². The SMILES string of the molecule is Clc1ccc(-c2csc(NN=C(c3ccccc3)c3ccccc3)n2)cc1. The van der Waals surface area contributed by atoms with Gasteiger partial charge in [-0.25, -0.2) is 4.98 Å². The first-order valence-corrected chi connectivity index (χ1v) is 9.71. The van der Waals surface area contributed by atoms with Gasteiger partial charge in [0.05, 0.1) is 11.4 Å². The van der Waals surface area contributed by atoms with Crippen LogP contribution in [0.25, 0.3) is 11.3 Å². The van der Waals surface area contributed by atoms with Gasteiger partial charge in [0, 0.05) is 27.1 Å². The van der Waals surface area contributed by atoms with E-state index in [9.17, 15) is 0 Å². The van der Waals surface area contributed by atoms with Gasteiger partial charge in [-0.3, -0.25) is 5.43 Å². The van der Waals surface area contributed by atoms with Crippen molar-refractivity contribution in [2.45, 2.75) is 0 Å². The van der Waals surface area contributed by atoms with E-state index in [0.29, 0.717) is 5.02 Å². The lowest BCUT2D eigenvalue weighted by atomic mass is 10.0. The second-order valence-electron chi connectivity index (χ2n) is 5.85. The maximum atomic E-state index is 5.96. The highest BCUT2D eigenvalue weighted by Crippen LogP contribution is 2.26. The highest BCUT2D eigenvalue weighted by Gasteiger charge is 2.08. The molecule has 0 unspecified atom stereocenters. The Balaban J connectivity index is 1.62. The van der Waals surface area contributed by atoms with E-state index in [0.717, 1.165) is 33.2 Å².